The van der Waals surface area contributed by atoms with Gasteiger partial charge in [-0.2, -0.15) is 27.2 Å². The summed E-state index contributed by atoms with van der Waals surface area (Å²) in [5.41, 5.74) is 1.30. The summed E-state index contributed by atoms with van der Waals surface area (Å²) in [6.45, 7) is -0.171. The molecule has 200 valence electrons. The molecule has 1 fully saturated rings. The maximum absolute atomic E-state index is 13.4. The molecule has 0 bridgehead atoms. The van der Waals surface area contributed by atoms with Gasteiger partial charge in [-0.25, -0.2) is 0 Å². The van der Waals surface area contributed by atoms with Gasteiger partial charge >= 0.3 is 12.8 Å². The van der Waals surface area contributed by atoms with Gasteiger partial charge in [-0.15, -0.1) is 10.2 Å². The van der Waals surface area contributed by atoms with Crippen LogP contribution in [0.25, 0.3) is 10.9 Å². The number of rotatable bonds is 4. The van der Waals surface area contributed by atoms with Gasteiger partial charge in [-0.3, -0.25) is 9.78 Å². The number of carbonyl (C=O) groups is 1. The second-order valence-electron chi connectivity index (χ2n) is 9.36. The Labute approximate surface area is 213 Å². The number of ether oxygens (including phenoxy) is 1. The molecular formula is C24H22F5N7O2. The zero-order chi connectivity index (χ0) is 27.2. The average Bonchev–Trinajstić information content (AvgIpc) is 3.31. The SMILES string of the molecule is C[C@@H]1CN(c2c(C#N)cnc3cc(OC(F)F)ccc23)CC[C@@H]1C(=O)N1CCn2c(nnc2C(F)(F)F)C1. The quantitative estimate of drug-likeness (QED) is 0.469. The number of amides is 1. The number of nitriles is 1. The van der Waals surface area contributed by atoms with Crippen LogP contribution in [0.15, 0.2) is 24.4 Å². The molecule has 9 nitrogen and oxygen atoms in total. The zero-order valence-electron chi connectivity index (χ0n) is 20.1. The van der Waals surface area contributed by atoms with E-state index in [0.717, 1.165) is 4.57 Å². The molecule has 0 N–H and O–H groups in total. The molecule has 0 aliphatic carbocycles. The number of pyridine rings is 1. The number of benzene rings is 1. The molecule has 0 spiro atoms. The van der Waals surface area contributed by atoms with Crippen LogP contribution in [-0.2, 0) is 24.1 Å². The molecule has 4 heterocycles. The van der Waals surface area contributed by atoms with E-state index in [2.05, 4.69) is 26.0 Å². The highest BCUT2D eigenvalue weighted by atomic mass is 19.4. The van der Waals surface area contributed by atoms with Gasteiger partial charge in [0.05, 0.1) is 23.3 Å². The van der Waals surface area contributed by atoms with Crippen LogP contribution in [0.1, 0.15) is 30.6 Å². The van der Waals surface area contributed by atoms with Crippen LogP contribution in [0.4, 0.5) is 27.6 Å². The smallest absolute Gasteiger partial charge is 0.435 e. The first-order valence-electron chi connectivity index (χ1n) is 11.9. The first-order valence-corrected chi connectivity index (χ1v) is 11.9. The summed E-state index contributed by atoms with van der Waals surface area (Å²) in [5, 5.41) is 17.2. The van der Waals surface area contributed by atoms with Crippen LogP contribution in [0.3, 0.4) is 0 Å². The summed E-state index contributed by atoms with van der Waals surface area (Å²) in [6, 6.07) is 6.48. The van der Waals surface area contributed by atoms with Crippen LogP contribution in [0.5, 0.6) is 5.75 Å². The monoisotopic (exact) mass is 535 g/mol. The van der Waals surface area contributed by atoms with Crippen LogP contribution < -0.4 is 9.64 Å². The number of nitrogens with zero attached hydrogens (tertiary/aromatic N) is 7. The molecule has 1 amide bonds. The molecule has 38 heavy (non-hydrogen) atoms. The van der Waals surface area contributed by atoms with E-state index in [9.17, 15) is 32.0 Å². The van der Waals surface area contributed by atoms with E-state index in [0.29, 0.717) is 41.7 Å². The van der Waals surface area contributed by atoms with E-state index in [1.54, 1.807) is 6.07 Å². The van der Waals surface area contributed by atoms with Crippen molar-refractivity contribution in [3.05, 3.63) is 41.6 Å². The number of piperidine rings is 1. The lowest BCUT2D eigenvalue weighted by atomic mass is 9.85. The molecule has 0 saturated carbocycles. The molecule has 2 aliphatic heterocycles. The summed E-state index contributed by atoms with van der Waals surface area (Å²) in [6.07, 6.45) is -2.78. The van der Waals surface area contributed by atoms with E-state index in [4.69, 9.17) is 0 Å². The fourth-order valence-corrected chi connectivity index (χ4v) is 5.26. The second-order valence-corrected chi connectivity index (χ2v) is 9.36. The first kappa shape index (κ1) is 25.6. The van der Waals surface area contributed by atoms with Crippen molar-refractivity contribution in [2.45, 2.75) is 39.2 Å². The third kappa shape index (κ3) is 4.68. The second kappa shape index (κ2) is 9.70. The lowest BCUT2D eigenvalue weighted by molar-refractivity contribution is -0.148. The third-order valence-electron chi connectivity index (χ3n) is 7.01. The van der Waals surface area contributed by atoms with Gasteiger partial charge in [0.15, 0.2) is 5.82 Å². The predicted octanol–water partition coefficient (Wildman–Crippen LogP) is 3.82. The fourth-order valence-electron chi connectivity index (χ4n) is 5.26. The molecule has 0 unspecified atom stereocenters. The maximum atomic E-state index is 13.4. The topological polar surface area (TPSA) is 100 Å². The third-order valence-corrected chi connectivity index (χ3v) is 7.01. The molecule has 1 aromatic carbocycles. The highest BCUT2D eigenvalue weighted by Crippen LogP contribution is 2.37. The molecular weight excluding hydrogens is 513 g/mol. The van der Waals surface area contributed by atoms with Crippen molar-refractivity contribution in [3.8, 4) is 11.8 Å². The van der Waals surface area contributed by atoms with Gasteiger partial charge in [-0.1, -0.05) is 6.92 Å². The number of hydrogen-bond donors (Lipinski definition) is 0. The molecule has 0 radical (unpaired) electrons. The minimum atomic E-state index is -4.62. The standard InChI is InChI=1S/C24H22F5N7O2/c1-13-11-34(20-14(9-30)10-31-18-8-15(38-23(25)26)2-3-17(18)20)5-4-16(13)21(37)35-6-7-36-19(12-35)32-33-22(36)24(27,28)29/h2-3,8,10,13,16,23H,4-7,11-12H2,1H3/t13-,16+/m1/s1. The lowest BCUT2D eigenvalue weighted by Gasteiger charge is -2.40. The number of alkyl halides is 5. The van der Waals surface area contributed by atoms with Gasteiger partial charge in [0.25, 0.3) is 0 Å². The Bertz CT molecular complexity index is 1420. The van der Waals surface area contributed by atoms with Crippen LogP contribution in [0.2, 0.25) is 0 Å². The van der Waals surface area contributed by atoms with Crippen molar-refractivity contribution in [1.29, 1.82) is 5.26 Å². The number of halogens is 5. The van der Waals surface area contributed by atoms with Crippen molar-refractivity contribution in [2.24, 2.45) is 11.8 Å². The molecule has 3 aromatic rings. The Hall–Kier alpha value is -4.02. The first-order chi connectivity index (χ1) is 18.1. The average molecular weight is 535 g/mol. The van der Waals surface area contributed by atoms with Gasteiger partial charge in [0.2, 0.25) is 11.7 Å². The molecule has 5 rings (SSSR count). The van der Waals surface area contributed by atoms with E-state index < -0.39 is 18.6 Å². The Morgan fingerprint density at radius 2 is 2.00 bits per heavy atom. The minimum Gasteiger partial charge on any atom is -0.435 e. The lowest BCUT2D eigenvalue weighted by Crippen LogP contribution is -2.49. The number of carbonyl (C=O) groups excluding carboxylic acids is 1. The molecule has 2 aliphatic rings. The van der Waals surface area contributed by atoms with Crippen LogP contribution in [-0.4, -0.2) is 56.8 Å². The Kier molecular flexibility index (Phi) is 6.54. The van der Waals surface area contributed by atoms with Crippen molar-refractivity contribution >= 4 is 22.5 Å². The zero-order valence-corrected chi connectivity index (χ0v) is 20.1. The van der Waals surface area contributed by atoms with Gasteiger partial charge in [-0.05, 0) is 24.5 Å². The van der Waals surface area contributed by atoms with Crippen molar-refractivity contribution in [2.75, 3.05) is 24.5 Å². The summed E-state index contributed by atoms with van der Waals surface area (Å²) in [4.78, 5) is 21.1. The Morgan fingerprint density at radius 1 is 1.21 bits per heavy atom. The summed E-state index contributed by atoms with van der Waals surface area (Å²) >= 11 is 0. The summed E-state index contributed by atoms with van der Waals surface area (Å²) in [7, 11) is 0. The predicted molar refractivity (Wildman–Crippen MR) is 123 cm³/mol. The van der Waals surface area contributed by atoms with E-state index in [1.807, 2.05) is 11.8 Å². The van der Waals surface area contributed by atoms with Gasteiger partial charge in [0.1, 0.15) is 11.8 Å². The molecule has 14 heteroatoms. The summed E-state index contributed by atoms with van der Waals surface area (Å²) in [5.74, 6) is -1.68. The number of fused-ring (bicyclic) bond motifs is 2. The Balaban J connectivity index is 1.33. The van der Waals surface area contributed by atoms with Crippen molar-refractivity contribution in [3.63, 3.8) is 0 Å². The van der Waals surface area contributed by atoms with E-state index in [-0.39, 0.29) is 49.0 Å². The van der Waals surface area contributed by atoms with Crippen LogP contribution in [0, 0.1) is 23.2 Å². The largest absolute Gasteiger partial charge is 0.451 e. The molecule has 2 aromatic heterocycles. The van der Waals surface area contributed by atoms with Gasteiger partial charge in [0, 0.05) is 49.7 Å². The number of anilines is 1. The molecule has 1 saturated heterocycles. The number of hydrogen-bond acceptors (Lipinski definition) is 7. The van der Waals surface area contributed by atoms with E-state index in [1.165, 1.54) is 23.2 Å². The summed E-state index contributed by atoms with van der Waals surface area (Å²) < 4.78 is 70.1. The maximum Gasteiger partial charge on any atom is 0.451 e. The van der Waals surface area contributed by atoms with Crippen molar-refractivity contribution in [1.82, 2.24) is 24.6 Å². The number of aromatic nitrogens is 4. The van der Waals surface area contributed by atoms with E-state index >= 15 is 0 Å². The van der Waals surface area contributed by atoms with Crippen LogP contribution >= 0.6 is 0 Å². The highest BCUT2D eigenvalue weighted by Gasteiger charge is 2.41. The molecule has 2 atom stereocenters. The highest BCUT2D eigenvalue weighted by molar-refractivity contribution is 5.95. The Morgan fingerprint density at radius 3 is 2.68 bits per heavy atom. The minimum absolute atomic E-state index is 0.0397. The van der Waals surface area contributed by atoms with Crippen molar-refractivity contribution < 1.29 is 31.5 Å². The normalized spacial score (nSPS) is 19.9. The fraction of sp³-hybridized carbons (Fsp3) is 0.458. The van der Waals surface area contributed by atoms with Gasteiger partial charge < -0.3 is 19.1 Å².